The van der Waals surface area contributed by atoms with Crippen LogP contribution >= 0.6 is 0 Å². The molecule has 0 fully saturated rings. The molecule has 0 N–H and O–H groups in total. The fraction of sp³-hybridized carbons (Fsp3) is 1.00. The number of rotatable bonds is 8. The molecule has 100 valence electrons. The predicted molar refractivity (Wildman–Crippen MR) is 65.9 cm³/mol. The van der Waals surface area contributed by atoms with Crippen LogP contribution in [0.5, 0.6) is 0 Å². The van der Waals surface area contributed by atoms with Gasteiger partial charge in [-0.15, -0.1) is 0 Å². The summed E-state index contributed by atoms with van der Waals surface area (Å²) >= 11 is 0. The highest BCUT2D eigenvalue weighted by molar-refractivity contribution is 4.40. The monoisotopic (exact) mass is 236 g/mol. The van der Waals surface area contributed by atoms with Crippen molar-refractivity contribution in [3.63, 3.8) is 0 Å². The highest BCUT2D eigenvalue weighted by atomic mass is 16.5. The number of ether oxygens (including phenoxy) is 4. The minimum Gasteiger partial charge on any atom is -0.382 e. The molecule has 4 heteroatoms. The van der Waals surface area contributed by atoms with Crippen LogP contribution < -0.4 is 0 Å². The topological polar surface area (TPSA) is 36.9 Å². The summed E-state index contributed by atoms with van der Waals surface area (Å²) in [6.45, 7) is 10.8. The van der Waals surface area contributed by atoms with Crippen LogP contribution in [0.4, 0.5) is 0 Å². The van der Waals surface area contributed by atoms with Crippen molar-refractivity contribution in [1.29, 1.82) is 0 Å². The Morgan fingerprint density at radius 2 is 1.06 bits per heavy atom. The molecule has 0 aromatic carbocycles. The molecule has 0 aliphatic heterocycles. The lowest BCUT2D eigenvalue weighted by Crippen LogP contribution is -2.09. The van der Waals surface area contributed by atoms with E-state index in [0.717, 1.165) is 0 Å². The summed E-state index contributed by atoms with van der Waals surface area (Å²) in [6.07, 6.45) is 0.750. The number of hydrogen-bond acceptors (Lipinski definition) is 4. The average Bonchev–Trinajstić information content (AvgIpc) is 2.16. The molecule has 0 rings (SSSR count). The maximum absolute atomic E-state index is 5.25. The zero-order valence-electron chi connectivity index (χ0n) is 11.6. The third-order valence-electron chi connectivity index (χ3n) is 1.41. The third kappa shape index (κ3) is 23.6. The maximum Gasteiger partial charge on any atom is 0.0701 e. The maximum atomic E-state index is 5.25. The van der Waals surface area contributed by atoms with Gasteiger partial charge in [0.2, 0.25) is 0 Å². The number of hydrogen-bond donors (Lipinski definition) is 0. The SMILES string of the molecule is CC(C)OC(C)C.COCCOCCOC. The van der Waals surface area contributed by atoms with Gasteiger partial charge in [-0.3, -0.25) is 0 Å². The first-order chi connectivity index (χ1) is 7.54. The van der Waals surface area contributed by atoms with Crippen molar-refractivity contribution in [3.8, 4) is 0 Å². The molecule has 4 nitrogen and oxygen atoms in total. The summed E-state index contributed by atoms with van der Waals surface area (Å²) in [4.78, 5) is 0. The first-order valence-electron chi connectivity index (χ1n) is 5.75. The van der Waals surface area contributed by atoms with Crippen LogP contribution in [-0.4, -0.2) is 52.9 Å². The van der Waals surface area contributed by atoms with Gasteiger partial charge in [0.1, 0.15) is 0 Å². The van der Waals surface area contributed by atoms with Gasteiger partial charge in [0.05, 0.1) is 38.6 Å². The van der Waals surface area contributed by atoms with Crippen LogP contribution in [0.15, 0.2) is 0 Å². The molecule has 16 heavy (non-hydrogen) atoms. The molecule has 0 aliphatic rings. The van der Waals surface area contributed by atoms with Crippen LogP contribution in [-0.2, 0) is 18.9 Å². The first-order valence-corrected chi connectivity index (χ1v) is 5.75. The van der Waals surface area contributed by atoms with Crippen molar-refractivity contribution in [2.75, 3.05) is 40.6 Å². The zero-order chi connectivity index (χ0) is 12.8. The highest BCUT2D eigenvalue weighted by Gasteiger charge is 1.94. The molecule has 0 radical (unpaired) electrons. The molecule has 0 saturated heterocycles. The summed E-state index contributed by atoms with van der Waals surface area (Å²) in [5.41, 5.74) is 0. The minimum absolute atomic E-state index is 0.375. The lowest BCUT2D eigenvalue weighted by atomic mass is 10.4. The molecule has 0 aromatic rings. The van der Waals surface area contributed by atoms with Crippen molar-refractivity contribution in [2.45, 2.75) is 39.9 Å². The summed E-state index contributed by atoms with van der Waals surface area (Å²) in [5, 5.41) is 0. The summed E-state index contributed by atoms with van der Waals surface area (Å²) in [6, 6.07) is 0. The molecule has 0 unspecified atom stereocenters. The molecule has 0 aromatic heterocycles. The molecule has 0 aliphatic carbocycles. The van der Waals surface area contributed by atoms with E-state index in [-0.39, 0.29) is 0 Å². The lowest BCUT2D eigenvalue weighted by Gasteiger charge is -2.09. The normalized spacial score (nSPS) is 10.5. The zero-order valence-corrected chi connectivity index (χ0v) is 11.6. The molecule has 0 heterocycles. The van der Waals surface area contributed by atoms with Crippen molar-refractivity contribution < 1.29 is 18.9 Å². The van der Waals surface area contributed by atoms with Crippen LogP contribution in [0, 0.1) is 0 Å². The molecule has 0 saturated carbocycles. The van der Waals surface area contributed by atoms with E-state index < -0.39 is 0 Å². The van der Waals surface area contributed by atoms with E-state index in [2.05, 4.69) is 0 Å². The van der Waals surface area contributed by atoms with Crippen LogP contribution in [0.25, 0.3) is 0 Å². The quantitative estimate of drug-likeness (QED) is 0.605. The Bertz CT molecular complexity index is 104. The van der Waals surface area contributed by atoms with Gasteiger partial charge in [0.15, 0.2) is 0 Å². The second kappa shape index (κ2) is 14.8. The molecule has 0 amide bonds. The lowest BCUT2D eigenvalue weighted by molar-refractivity contribution is 0.0300. The van der Waals surface area contributed by atoms with Gasteiger partial charge < -0.3 is 18.9 Å². The largest absolute Gasteiger partial charge is 0.382 e. The van der Waals surface area contributed by atoms with E-state index in [1.807, 2.05) is 27.7 Å². The highest BCUT2D eigenvalue weighted by Crippen LogP contribution is 1.93. The van der Waals surface area contributed by atoms with Gasteiger partial charge in [-0.05, 0) is 27.7 Å². The Labute approximate surface area is 100 Å². The third-order valence-corrected chi connectivity index (χ3v) is 1.41. The Hall–Kier alpha value is -0.160. The Kier molecular flexibility index (Phi) is 16.9. The van der Waals surface area contributed by atoms with Crippen molar-refractivity contribution >= 4 is 0 Å². The number of methoxy groups -OCH3 is 2. The fourth-order valence-electron chi connectivity index (χ4n) is 0.931. The predicted octanol–water partition coefficient (Wildman–Crippen LogP) is 2.12. The first kappa shape index (κ1) is 18.2. The van der Waals surface area contributed by atoms with Gasteiger partial charge >= 0.3 is 0 Å². The molecular formula is C12H28O4. The van der Waals surface area contributed by atoms with Crippen LogP contribution in [0.1, 0.15) is 27.7 Å². The summed E-state index contributed by atoms with van der Waals surface area (Å²) in [5.74, 6) is 0. The second-order valence-corrected chi connectivity index (χ2v) is 3.83. The van der Waals surface area contributed by atoms with E-state index in [4.69, 9.17) is 18.9 Å². The molecule has 0 atom stereocenters. The standard InChI is InChI=1S/C6H14O3.C6H14O/c1-7-3-5-9-6-4-8-2;1-5(2)7-6(3)4/h3-6H2,1-2H3;5-6H,1-4H3. The van der Waals surface area contributed by atoms with Gasteiger partial charge in [0.25, 0.3) is 0 Å². The van der Waals surface area contributed by atoms with E-state index >= 15 is 0 Å². The Morgan fingerprint density at radius 1 is 0.688 bits per heavy atom. The van der Waals surface area contributed by atoms with Gasteiger partial charge in [-0.25, -0.2) is 0 Å². The van der Waals surface area contributed by atoms with E-state index in [1.165, 1.54) is 0 Å². The van der Waals surface area contributed by atoms with Gasteiger partial charge in [0, 0.05) is 14.2 Å². The van der Waals surface area contributed by atoms with E-state index in [1.54, 1.807) is 14.2 Å². The van der Waals surface area contributed by atoms with E-state index in [9.17, 15) is 0 Å². The molecule has 0 bridgehead atoms. The van der Waals surface area contributed by atoms with Gasteiger partial charge in [-0.2, -0.15) is 0 Å². The van der Waals surface area contributed by atoms with Crippen molar-refractivity contribution in [1.82, 2.24) is 0 Å². The smallest absolute Gasteiger partial charge is 0.0701 e. The summed E-state index contributed by atoms with van der Waals surface area (Å²) in [7, 11) is 3.30. The van der Waals surface area contributed by atoms with E-state index in [0.29, 0.717) is 38.6 Å². The van der Waals surface area contributed by atoms with Crippen LogP contribution in [0.2, 0.25) is 0 Å². The summed E-state index contributed by atoms with van der Waals surface area (Å²) < 4.78 is 19.8. The Balaban J connectivity index is 0. The van der Waals surface area contributed by atoms with Crippen molar-refractivity contribution in [3.05, 3.63) is 0 Å². The van der Waals surface area contributed by atoms with Crippen molar-refractivity contribution in [2.24, 2.45) is 0 Å². The molecular weight excluding hydrogens is 208 g/mol. The Morgan fingerprint density at radius 3 is 1.25 bits per heavy atom. The molecule has 0 spiro atoms. The minimum atomic E-state index is 0.375. The fourth-order valence-corrected chi connectivity index (χ4v) is 0.931. The average molecular weight is 236 g/mol. The van der Waals surface area contributed by atoms with Crippen LogP contribution in [0.3, 0.4) is 0 Å². The second-order valence-electron chi connectivity index (χ2n) is 3.83. The van der Waals surface area contributed by atoms with Gasteiger partial charge in [-0.1, -0.05) is 0 Å².